The van der Waals surface area contributed by atoms with Crippen LogP contribution in [0.4, 0.5) is 4.39 Å². The number of amides is 1. The number of halogens is 1. The van der Waals surface area contributed by atoms with E-state index in [0.717, 1.165) is 12.0 Å². The van der Waals surface area contributed by atoms with Gasteiger partial charge in [0, 0.05) is 20.1 Å². The second-order valence-corrected chi connectivity index (χ2v) is 5.01. The van der Waals surface area contributed by atoms with E-state index in [1.807, 2.05) is 6.92 Å². The van der Waals surface area contributed by atoms with Gasteiger partial charge in [-0.15, -0.1) is 0 Å². The van der Waals surface area contributed by atoms with Crippen LogP contribution in [0.3, 0.4) is 0 Å². The number of hydrogen-bond acceptors (Lipinski definition) is 3. The van der Waals surface area contributed by atoms with Crippen molar-refractivity contribution in [3.05, 3.63) is 29.6 Å². The second kappa shape index (κ2) is 7.85. The van der Waals surface area contributed by atoms with Crippen LogP contribution in [-0.2, 0) is 11.2 Å². The van der Waals surface area contributed by atoms with Crippen LogP contribution in [0.5, 0.6) is 5.75 Å². The van der Waals surface area contributed by atoms with E-state index in [4.69, 9.17) is 10.5 Å². The number of benzene rings is 1. The molecule has 20 heavy (non-hydrogen) atoms. The third-order valence-corrected chi connectivity index (χ3v) is 3.10. The molecule has 0 saturated carbocycles. The lowest BCUT2D eigenvalue weighted by Gasteiger charge is -2.15. The minimum absolute atomic E-state index is 0.000999. The second-order valence-electron chi connectivity index (χ2n) is 5.01. The summed E-state index contributed by atoms with van der Waals surface area (Å²) < 4.78 is 18.9. The van der Waals surface area contributed by atoms with Gasteiger partial charge in [-0.3, -0.25) is 4.79 Å². The molecule has 0 heterocycles. The zero-order chi connectivity index (χ0) is 15.1. The van der Waals surface area contributed by atoms with Crippen LogP contribution in [0.15, 0.2) is 18.2 Å². The Morgan fingerprint density at radius 2 is 2.15 bits per heavy atom. The van der Waals surface area contributed by atoms with Crippen LogP contribution >= 0.6 is 0 Å². The molecule has 4 nitrogen and oxygen atoms in total. The Balaban J connectivity index is 2.66. The predicted octanol–water partition coefficient (Wildman–Crippen LogP) is 1.96. The summed E-state index contributed by atoms with van der Waals surface area (Å²) in [6.07, 6.45) is 1.67. The van der Waals surface area contributed by atoms with Gasteiger partial charge >= 0.3 is 0 Å². The molecule has 112 valence electrons. The minimum atomic E-state index is -0.306. The maximum absolute atomic E-state index is 13.3. The molecule has 0 aliphatic rings. The minimum Gasteiger partial charge on any atom is -0.493 e. The standard InChI is InChI=1S/C15H23FN2O2/c1-4-13(17)10-11-9-12(16)5-6-14(11)20-8-7-15(19)18(2)3/h5-6,9,13H,4,7-8,10,17H2,1-3H3. The highest BCUT2D eigenvalue weighted by Crippen LogP contribution is 2.21. The van der Waals surface area contributed by atoms with Gasteiger partial charge in [0.05, 0.1) is 13.0 Å². The van der Waals surface area contributed by atoms with E-state index in [9.17, 15) is 9.18 Å². The predicted molar refractivity (Wildman–Crippen MR) is 77.2 cm³/mol. The summed E-state index contributed by atoms with van der Waals surface area (Å²) in [5, 5.41) is 0. The number of rotatable bonds is 7. The van der Waals surface area contributed by atoms with Gasteiger partial charge in [-0.2, -0.15) is 0 Å². The van der Waals surface area contributed by atoms with Gasteiger partial charge in [-0.1, -0.05) is 6.92 Å². The summed E-state index contributed by atoms with van der Waals surface area (Å²) in [5.74, 6) is 0.292. The van der Waals surface area contributed by atoms with E-state index in [2.05, 4.69) is 0 Å². The van der Waals surface area contributed by atoms with Crippen molar-refractivity contribution >= 4 is 5.91 Å². The lowest BCUT2D eigenvalue weighted by atomic mass is 10.0. The Morgan fingerprint density at radius 1 is 1.45 bits per heavy atom. The van der Waals surface area contributed by atoms with Gasteiger partial charge in [0.1, 0.15) is 11.6 Å². The molecule has 0 spiro atoms. The molecule has 1 unspecified atom stereocenters. The molecule has 0 aliphatic carbocycles. The zero-order valence-electron chi connectivity index (χ0n) is 12.4. The van der Waals surface area contributed by atoms with Crippen molar-refractivity contribution in [2.45, 2.75) is 32.2 Å². The van der Waals surface area contributed by atoms with Gasteiger partial charge in [-0.25, -0.2) is 4.39 Å². The smallest absolute Gasteiger partial charge is 0.225 e. The molecule has 5 heteroatoms. The monoisotopic (exact) mass is 282 g/mol. The fourth-order valence-electron chi connectivity index (χ4n) is 1.75. The lowest BCUT2D eigenvalue weighted by Crippen LogP contribution is -2.24. The molecular formula is C15H23FN2O2. The third-order valence-electron chi connectivity index (χ3n) is 3.10. The van der Waals surface area contributed by atoms with Crippen LogP contribution in [0.1, 0.15) is 25.3 Å². The first-order chi connectivity index (χ1) is 9.43. The highest BCUT2D eigenvalue weighted by atomic mass is 19.1. The molecule has 0 bridgehead atoms. The fourth-order valence-corrected chi connectivity index (χ4v) is 1.75. The lowest BCUT2D eigenvalue weighted by molar-refractivity contribution is -0.129. The average Bonchev–Trinajstić information content (AvgIpc) is 2.40. The van der Waals surface area contributed by atoms with Crippen LogP contribution in [0.25, 0.3) is 0 Å². The van der Waals surface area contributed by atoms with E-state index in [1.165, 1.54) is 17.0 Å². The Morgan fingerprint density at radius 3 is 2.75 bits per heavy atom. The van der Waals surface area contributed by atoms with E-state index >= 15 is 0 Å². The summed E-state index contributed by atoms with van der Waals surface area (Å²) in [6, 6.07) is 4.36. The zero-order valence-corrected chi connectivity index (χ0v) is 12.4. The number of carbonyl (C=O) groups excluding carboxylic acids is 1. The van der Waals surface area contributed by atoms with Crippen LogP contribution in [-0.4, -0.2) is 37.6 Å². The molecule has 0 aliphatic heterocycles. The molecule has 1 atom stereocenters. The molecular weight excluding hydrogens is 259 g/mol. The van der Waals surface area contributed by atoms with Crippen molar-refractivity contribution in [1.29, 1.82) is 0 Å². The number of nitrogens with zero attached hydrogens (tertiary/aromatic N) is 1. The molecule has 0 aromatic heterocycles. The summed E-state index contributed by atoms with van der Waals surface area (Å²) in [4.78, 5) is 13.0. The number of ether oxygens (including phenoxy) is 1. The Hall–Kier alpha value is -1.62. The van der Waals surface area contributed by atoms with Crippen LogP contribution in [0, 0.1) is 5.82 Å². The Labute approximate surface area is 119 Å². The SMILES string of the molecule is CCC(N)Cc1cc(F)ccc1OCCC(=O)N(C)C. The maximum atomic E-state index is 13.3. The first-order valence-corrected chi connectivity index (χ1v) is 6.81. The van der Waals surface area contributed by atoms with Crippen LogP contribution < -0.4 is 10.5 Å². The van der Waals surface area contributed by atoms with Gasteiger partial charge in [0.25, 0.3) is 0 Å². The van der Waals surface area contributed by atoms with E-state index in [1.54, 1.807) is 20.2 Å². The first-order valence-electron chi connectivity index (χ1n) is 6.81. The topological polar surface area (TPSA) is 55.6 Å². The number of carbonyl (C=O) groups is 1. The molecule has 2 N–H and O–H groups in total. The van der Waals surface area contributed by atoms with Crippen molar-refractivity contribution in [1.82, 2.24) is 4.90 Å². The van der Waals surface area contributed by atoms with Gasteiger partial charge < -0.3 is 15.4 Å². The van der Waals surface area contributed by atoms with E-state index in [-0.39, 0.29) is 24.4 Å². The van der Waals surface area contributed by atoms with E-state index < -0.39 is 0 Å². The van der Waals surface area contributed by atoms with Gasteiger partial charge in [0.15, 0.2) is 0 Å². The fraction of sp³-hybridized carbons (Fsp3) is 0.533. The highest BCUT2D eigenvalue weighted by Gasteiger charge is 2.10. The first kappa shape index (κ1) is 16.4. The molecule has 0 fully saturated rings. The van der Waals surface area contributed by atoms with Crippen molar-refractivity contribution in [3.8, 4) is 5.75 Å². The summed E-state index contributed by atoms with van der Waals surface area (Å²) in [5.41, 5.74) is 6.65. The number of hydrogen-bond donors (Lipinski definition) is 1. The summed E-state index contributed by atoms with van der Waals surface area (Å²) >= 11 is 0. The van der Waals surface area contributed by atoms with Crippen molar-refractivity contribution < 1.29 is 13.9 Å². The number of nitrogens with two attached hydrogens (primary N) is 1. The Kier molecular flexibility index (Phi) is 6.45. The maximum Gasteiger partial charge on any atom is 0.225 e. The molecule has 1 aromatic carbocycles. The summed E-state index contributed by atoms with van der Waals surface area (Å²) in [6.45, 7) is 2.26. The van der Waals surface area contributed by atoms with Gasteiger partial charge in [0.2, 0.25) is 5.91 Å². The third kappa shape index (κ3) is 5.17. The van der Waals surface area contributed by atoms with Crippen molar-refractivity contribution in [2.24, 2.45) is 5.73 Å². The van der Waals surface area contributed by atoms with Crippen molar-refractivity contribution in [3.63, 3.8) is 0 Å². The normalized spacial score (nSPS) is 12.1. The highest BCUT2D eigenvalue weighted by molar-refractivity contribution is 5.75. The Bertz CT molecular complexity index is 449. The van der Waals surface area contributed by atoms with Crippen LogP contribution in [0.2, 0.25) is 0 Å². The van der Waals surface area contributed by atoms with Gasteiger partial charge in [-0.05, 0) is 36.6 Å². The largest absolute Gasteiger partial charge is 0.493 e. The molecule has 0 radical (unpaired) electrons. The molecule has 1 aromatic rings. The summed E-state index contributed by atoms with van der Waals surface area (Å²) in [7, 11) is 3.40. The molecule has 1 rings (SSSR count). The molecule has 0 saturated heterocycles. The van der Waals surface area contributed by atoms with Crippen molar-refractivity contribution in [2.75, 3.05) is 20.7 Å². The quantitative estimate of drug-likeness (QED) is 0.832. The van der Waals surface area contributed by atoms with E-state index in [0.29, 0.717) is 18.6 Å². The average molecular weight is 282 g/mol. The molecule has 1 amide bonds.